The zero-order valence-electron chi connectivity index (χ0n) is 14.7. The molecule has 2 rings (SSSR count). The first-order valence-electron chi connectivity index (χ1n) is 8.50. The van der Waals surface area contributed by atoms with Crippen molar-refractivity contribution in [3.63, 3.8) is 0 Å². The van der Waals surface area contributed by atoms with Gasteiger partial charge in [-0.05, 0) is 24.8 Å². The molecule has 1 saturated heterocycles. The number of hydrogen-bond acceptors (Lipinski definition) is 3. The summed E-state index contributed by atoms with van der Waals surface area (Å²) in [6.45, 7) is 9.41. The van der Waals surface area contributed by atoms with Gasteiger partial charge in [-0.3, -0.25) is 9.79 Å². The van der Waals surface area contributed by atoms with Gasteiger partial charge in [-0.25, -0.2) is 0 Å². The van der Waals surface area contributed by atoms with E-state index in [4.69, 9.17) is 4.99 Å². The number of rotatable bonds is 6. The van der Waals surface area contributed by atoms with E-state index in [-0.39, 0.29) is 29.9 Å². The summed E-state index contributed by atoms with van der Waals surface area (Å²) in [5.41, 5.74) is 0. The Morgan fingerprint density at radius 1 is 1.50 bits per heavy atom. The van der Waals surface area contributed by atoms with Gasteiger partial charge >= 0.3 is 0 Å². The van der Waals surface area contributed by atoms with Crippen molar-refractivity contribution in [3.05, 3.63) is 22.4 Å². The van der Waals surface area contributed by atoms with Crippen molar-refractivity contribution in [1.29, 1.82) is 0 Å². The molecule has 0 spiro atoms. The largest absolute Gasteiger partial charge is 0.357 e. The van der Waals surface area contributed by atoms with Crippen LogP contribution in [0.25, 0.3) is 0 Å². The molecule has 1 amide bonds. The minimum Gasteiger partial charge on any atom is -0.357 e. The molecule has 136 valence electrons. The summed E-state index contributed by atoms with van der Waals surface area (Å²) in [5.74, 6) is 1.52. The van der Waals surface area contributed by atoms with E-state index in [1.165, 1.54) is 4.88 Å². The highest BCUT2D eigenvalue weighted by molar-refractivity contribution is 14.0. The predicted molar refractivity (Wildman–Crippen MR) is 113 cm³/mol. The topological polar surface area (TPSA) is 56.7 Å². The molecule has 1 aromatic heterocycles. The Morgan fingerprint density at radius 3 is 2.92 bits per heavy atom. The lowest BCUT2D eigenvalue weighted by molar-refractivity contribution is -0.129. The van der Waals surface area contributed by atoms with Crippen LogP contribution in [0.2, 0.25) is 0 Å². The van der Waals surface area contributed by atoms with E-state index in [9.17, 15) is 4.79 Å². The van der Waals surface area contributed by atoms with Crippen molar-refractivity contribution in [2.45, 2.75) is 45.6 Å². The molecule has 2 unspecified atom stereocenters. The normalized spacial score (nSPS) is 18.9. The number of nitrogens with zero attached hydrogens (tertiary/aromatic N) is 2. The minimum atomic E-state index is 0. The summed E-state index contributed by atoms with van der Waals surface area (Å²) in [6.07, 6.45) is 1.57. The predicted octanol–water partition coefficient (Wildman–Crippen LogP) is 3.04. The fourth-order valence-electron chi connectivity index (χ4n) is 2.73. The van der Waals surface area contributed by atoms with E-state index >= 15 is 0 Å². The van der Waals surface area contributed by atoms with Crippen LogP contribution < -0.4 is 10.6 Å². The van der Waals surface area contributed by atoms with Crippen LogP contribution in [-0.4, -0.2) is 49.0 Å². The Labute approximate surface area is 166 Å². The van der Waals surface area contributed by atoms with E-state index in [1.54, 1.807) is 11.3 Å². The molecule has 2 N–H and O–H groups in total. The molecular formula is C17H29IN4OS. The summed E-state index contributed by atoms with van der Waals surface area (Å²) in [5, 5.41) is 8.89. The summed E-state index contributed by atoms with van der Waals surface area (Å²) in [4.78, 5) is 19.8. The van der Waals surface area contributed by atoms with Gasteiger partial charge < -0.3 is 15.5 Å². The molecule has 0 bridgehead atoms. The number of amides is 1. The molecule has 1 fully saturated rings. The molecular weight excluding hydrogens is 435 g/mol. The number of carbonyl (C=O) groups is 1. The van der Waals surface area contributed by atoms with E-state index in [1.807, 2.05) is 11.8 Å². The third-order valence-electron chi connectivity index (χ3n) is 4.08. The van der Waals surface area contributed by atoms with Crippen molar-refractivity contribution in [2.24, 2.45) is 4.99 Å². The van der Waals surface area contributed by atoms with Crippen LogP contribution in [0.3, 0.4) is 0 Å². The van der Waals surface area contributed by atoms with E-state index in [0.29, 0.717) is 18.4 Å². The average molecular weight is 464 g/mol. The molecule has 1 aliphatic rings. The lowest BCUT2D eigenvalue weighted by Crippen LogP contribution is -2.45. The van der Waals surface area contributed by atoms with Crippen LogP contribution in [0, 0.1) is 0 Å². The second kappa shape index (κ2) is 10.9. The fraction of sp³-hybridized carbons (Fsp3) is 0.647. The number of halogens is 1. The van der Waals surface area contributed by atoms with Crippen LogP contribution in [-0.2, 0) is 4.79 Å². The van der Waals surface area contributed by atoms with Gasteiger partial charge in [-0.2, -0.15) is 0 Å². The SMILES string of the molecule is CCNC(=NCC(C)c1cccs1)NC1CCN(C(=O)CC)C1.I. The first-order chi connectivity index (χ1) is 11.1. The van der Waals surface area contributed by atoms with Crippen LogP contribution in [0.1, 0.15) is 44.4 Å². The third kappa shape index (κ3) is 6.23. The van der Waals surface area contributed by atoms with E-state index in [0.717, 1.165) is 38.6 Å². The summed E-state index contributed by atoms with van der Waals surface area (Å²) >= 11 is 1.78. The van der Waals surface area contributed by atoms with Crippen LogP contribution in [0.15, 0.2) is 22.5 Å². The zero-order valence-corrected chi connectivity index (χ0v) is 17.9. The number of carbonyl (C=O) groups excluding carboxylic acids is 1. The van der Waals surface area contributed by atoms with Crippen molar-refractivity contribution in [1.82, 2.24) is 15.5 Å². The lowest BCUT2D eigenvalue weighted by atomic mass is 10.1. The van der Waals surface area contributed by atoms with Crippen LogP contribution >= 0.6 is 35.3 Å². The fourth-order valence-corrected chi connectivity index (χ4v) is 3.51. The second-order valence-electron chi connectivity index (χ2n) is 5.96. The number of hydrogen-bond donors (Lipinski definition) is 2. The maximum absolute atomic E-state index is 11.8. The standard InChI is InChI=1S/C17H28N4OS.HI/c1-4-16(22)21-9-8-14(12-21)20-17(18-5-2)19-11-13(3)15-7-6-10-23-15;/h6-7,10,13-14H,4-5,8-9,11-12H2,1-3H3,(H2,18,19,20);1H. The van der Waals surface area contributed by atoms with Gasteiger partial charge in [0, 0.05) is 42.9 Å². The Kier molecular flexibility index (Phi) is 9.65. The Morgan fingerprint density at radius 2 is 2.29 bits per heavy atom. The zero-order chi connectivity index (χ0) is 16.7. The first-order valence-corrected chi connectivity index (χ1v) is 9.38. The highest BCUT2D eigenvalue weighted by Crippen LogP contribution is 2.20. The minimum absolute atomic E-state index is 0. The Balaban J connectivity index is 0.00000288. The van der Waals surface area contributed by atoms with Gasteiger partial charge in [0.25, 0.3) is 0 Å². The van der Waals surface area contributed by atoms with Crippen LogP contribution in [0.4, 0.5) is 0 Å². The Hall–Kier alpha value is -0.830. The maximum Gasteiger partial charge on any atom is 0.222 e. The quantitative estimate of drug-likeness (QED) is 0.387. The summed E-state index contributed by atoms with van der Waals surface area (Å²) < 4.78 is 0. The van der Waals surface area contributed by atoms with E-state index in [2.05, 4.69) is 42.0 Å². The van der Waals surface area contributed by atoms with Crippen molar-refractivity contribution < 1.29 is 4.79 Å². The smallest absolute Gasteiger partial charge is 0.222 e. The molecule has 5 nitrogen and oxygen atoms in total. The lowest BCUT2D eigenvalue weighted by Gasteiger charge is -2.19. The molecule has 1 aliphatic heterocycles. The summed E-state index contributed by atoms with van der Waals surface area (Å²) in [7, 11) is 0. The van der Waals surface area contributed by atoms with Crippen molar-refractivity contribution in [2.75, 3.05) is 26.2 Å². The van der Waals surface area contributed by atoms with Gasteiger partial charge in [-0.1, -0.05) is 19.9 Å². The van der Waals surface area contributed by atoms with Gasteiger partial charge in [0.15, 0.2) is 5.96 Å². The molecule has 1 aromatic rings. The molecule has 0 saturated carbocycles. The van der Waals surface area contributed by atoms with Gasteiger partial charge in [0.2, 0.25) is 5.91 Å². The molecule has 2 heterocycles. The maximum atomic E-state index is 11.8. The number of aliphatic imine (C=N–C) groups is 1. The molecule has 0 radical (unpaired) electrons. The van der Waals surface area contributed by atoms with E-state index < -0.39 is 0 Å². The third-order valence-corrected chi connectivity index (χ3v) is 5.18. The highest BCUT2D eigenvalue weighted by Gasteiger charge is 2.25. The van der Waals surface area contributed by atoms with Gasteiger partial charge in [0.1, 0.15) is 0 Å². The molecule has 0 aliphatic carbocycles. The van der Waals surface area contributed by atoms with Crippen molar-refractivity contribution >= 4 is 47.2 Å². The monoisotopic (exact) mass is 464 g/mol. The Bertz CT molecular complexity index is 521. The number of likely N-dealkylation sites (tertiary alicyclic amines) is 1. The highest BCUT2D eigenvalue weighted by atomic mass is 127. The van der Waals surface area contributed by atoms with Gasteiger partial charge in [0.05, 0.1) is 6.54 Å². The summed E-state index contributed by atoms with van der Waals surface area (Å²) in [6, 6.07) is 4.54. The van der Waals surface area contributed by atoms with Crippen molar-refractivity contribution in [3.8, 4) is 0 Å². The molecule has 2 atom stereocenters. The van der Waals surface area contributed by atoms with Gasteiger partial charge in [-0.15, -0.1) is 35.3 Å². The van der Waals surface area contributed by atoms with Crippen LogP contribution in [0.5, 0.6) is 0 Å². The molecule has 0 aromatic carbocycles. The number of thiophene rings is 1. The number of nitrogens with one attached hydrogen (secondary N) is 2. The average Bonchev–Trinajstić information content (AvgIpc) is 3.23. The molecule has 7 heteroatoms. The number of guanidine groups is 1. The second-order valence-corrected chi connectivity index (χ2v) is 6.94. The molecule has 24 heavy (non-hydrogen) atoms. The first kappa shape index (κ1) is 21.2.